The number of rotatable bonds is 5. The standard InChI is InChI=1S/C24H36N2O3S/c1-15-11-16(2)23(17(3)12-15)30(28,29)26-9-7-20(8-10-26)24(27)25-18(4)22-14-19-5-6-21(22)13-19/h11-12,18-22H,5-10,13-14H2,1-4H3,(H,25,27)/t18-,19-,21-,22+/m0/s1. The van der Waals surface area contributed by atoms with Crippen LogP contribution >= 0.6 is 0 Å². The van der Waals surface area contributed by atoms with E-state index in [1.807, 2.05) is 32.9 Å². The fourth-order valence-corrected chi connectivity index (χ4v) is 8.30. The van der Waals surface area contributed by atoms with Gasteiger partial charge < -0.3 is 5.32 Å². The van der Waals surface area contributed by atoms with Crippen LogP contribution in [0.1, 0.15) is 62.1 Å². The fraction of sp³-hybridized carbons (Fsp3) is 0.708. The minimum atomic E-state index is -3.53. The van der Waals surface area contributed by atoms with E-state index in [-0.39, 0.29) is 17.9 Å². The number of nitrogens with one attached hydrogen (secondary N) is 1. The summed E-state index contributed by atoms with van der Waals surface area (Å²) in [5.74, 6) is 2.32. The summed E-state index contributed by atoms with van der Waals surface area (Å²) in [5.41, 5.74) is 2.67. The van der Waals surface area contributed by atoms with Gasteiger partial charge in [0.2, 0.25) is 15.9 Å². The lowest BCUT2D eigenvalue weighted by molar-refractivity contribution is -0.127. The van der Waals surface area contributed by atoms with Crippen molar-refractivity contribution in [1.29, 1.82) is 0 Å². The topological polar surface area (TPSA) is 66.5 Å². The lowest BCUT2D eigenvalue weighted by atomic mass is 9.83. The zero-order valence-electron chi connectivity index (χ0n) is 18.8. The van der Waals surface area contributed by atoms with Crippen LogP contribution in [0.4, 0.5) is 0 Å². The summed E-state index contributed by atoms with van der Waals surface area (Å²) in [7, 11) is -3.53. The van der Waals surface area contributed by atoms with E-state index in [0.717, 1.165) is 28.5 Å². The maximum absolute atomic E-state index is 13.3. The molecule has 5 nitrogen and oxygen atoms in total. The average Bonchev–Trinajstić information content (AvgIpc) is 3.30. The minimum absolute atomic E-state index is 0.0855. The predicted octanol–water partition coefficient (Wildman–Crippen LogP) is 3.95. The molecule has 1 N–H and O–H groups in total. The van der Waals surface area contributed by atoms with Gasteiger partial charge in [-0.25, -0.2) is 8.42 Å². The van der Waals surface area contributed by atoms with Gasteiger partial charge >= 0.3 is 0 Å². The van der Waals surface area contributed by atoms with Crippen molar-refractivity contribution in [3.8, 4) is 0 Å². The van der Waals surface area contributed by atoms with E-state index in [0.29, 0.717) is 36.7 Å². The molecule has 3 fully saturated rings. The molecule has 2 bridgehead atoms. The van der Waals surface area contributed by atoms with Gasteiger partial charge in [0.25, 0.3) is 0 Å². The molecule has 3 aliphatic rings. The SMILES string of the molecule is Cc1cc(C)c(S(=O)(=O)N2CCC(C(=O)N[C@@H](C)[C@H]3C[C@H]4CC[C@H]3C4)CC2)c(C)c1. The van der Waals surface area contributed by atoms with E-state index in [1.165, 1.54) is 25.7 Å². The second kappa shape index (κ2) is 8.27. The van der Waals surface area contributed by atoms with Gasteiger partial charge in [0.05, 0.1) is 4.90 Å². The first-order valence-corrected chi connectivity index (χ1v) is 13.0. The van der Waals surface area contributed by atoms with Crippen LogP contribution in [0, 0.1) is 44.4 Å². The summed E-state index contributed by atoms with van der Waals surface area (Å²) in [4.78, 5) is 13.3. The van der Waals surface area contributed by atoms with E-state index < -0.39 is 10.0 Å². The zero-order chi connectivity index (χ0) is 21.6. The minimum Gasteiger partial charge on any atom is -0.353 e. The van der Waals surface area contributed by atoms with Gasteiger partial charge in [-0.1, -0.05) is 24.1 Å². The summed E-state index contributed by atoms with van der Waals surface area (Å²) in [5, 5.41) is 3.28. The molecule has 6 heteroatoms. The molecule has 1 amide bonds. The Morgan fingerprint density at radius 2 is 1.67 bits per heavy atom. The number of benzene rings is 1. The third-order valence-electron chi connectivity index (χ3n) is 7.83. The third-order valence-corrected chi connectivity index (χ3v) is 10.0. The average molecular weight is 433 g/mol. The van der Waals surface area contributed by atoms with Gasteiger partial charge in [-0.2, -0.15) is 4.31 Å². The van der Waals surface area contributed by atoms with Gasteiger partial charge in [0.1, 0.15) is 0 Å². The largest absolute Gasteiger partial charge is 0.353 e. The van der Waals surface area contributed by atoms with Gasteiger partial charge in [0, 0.05) is 25.0 Å². The summed E-state index contributed by atoms with van der Waals surface area (Å²) >= 11 is 0. The van der Waals surface area contributed by atoms with Crippen molar-refractivity contribution in [2.45, 2.75) is 77.2 Å². The van der Waals surface area contributed by atoms with Crippen molar-refractivity contribution < 1.29 is 13.2 Å². The van der Waals surface area contributed by atoms with Gasteiger partial charge in [-0.3, -0.25) is 4.79 Å². The quantitative estimate of drug-likeness (QED) is 0.766. The van der Waals surface area contributed by atoms with E-state index in [9.17, 15) is 13.2 Å². The number of hydrogen-bond acceptors (Lipinski definition) is 3. The number of carbonyl (C=O) groups is 1. The van der Waals surface area contributed by atoms with Crippen LogP contribution in [0.5, 0.6) is 0 Å². The summed E-state index contributed by atoms with van der Waals surface area (Å²) in [6.45, 7) is 8.70. The Morgan fingerprint density at radius 3 is 2.20 bits per heavy atom. The van der Waals surface area contributed by atoms with E-state index >= 15 is 0 Å². The number of nitrogens with zero attached hydrogens (tertiary/aromatic N) is 1. The lowest BCUT2D eigenvalue weighted by Gasteiger charge is -2.33. The maximum atomic E-state index is 13.3. The Morgan fingerprint density at radius 1 is 1.03 bits per heavy atom. The van der Waals surface area contributed by atoms with Crippen molar-refractivity contribution >= 4 is 15.9 Å². The maximum Gasteiger partial charge on any atom is 0.243 e. The number of amides is 1. The summed E-state index contributed by atoms with van der Waals surface area (Å²) in [6, 6.07) is 4.08. The first-order valence-electron chi connectivity index (χ1n) is 11.5. The van der Waals surface area contributed by atoms with Gasteiger partial charge in [-0.15, -0.1) is 0 Å². The number of sulfonamides is 1. The monoisotopic (exact) mass is 432 g/mol. The number of aryl methyl sites for hydroxylation is 3. The summed E-state index contributed by atoms with van der Waals surface area (Å²) in [6.07, 6.45) is 6.49. The second-order valence-corrected chi connectivity index (χ2v) is 11.9. The highest BCUT2D eigenvalue weighted by Crippen LogP contribution is 2.49. The molecule has 0 unspecified atom stereocenters. The first-order chi connectivity index (χ1) is 14.2. The van der Waals surface area contributed by atoms with E-state index in [1.54, 1.807) is 4.31 Å². The molecule has 2 aliphatic carbocycles. The molecule has 0 spiro atoms. The number of hydrogen-bond donors (Lipinski definition) is 1. The number of fused-ring (bicyclic) bond motifs is 2. The van der Waals surface area contributed by atoms with E-state index in [4.69, 9.17) is 0 Å². The zero-order valence-corrected chi connectivity index (χ0v) is 19.6. The molecular formula is C24H36N2O3S. The summed E-state index contributed by atoms with van der Waals surface area (Å²) < 4.78 is 28.1. The Balaban J connectivity index is 1.36. The van der Waals surface area contributed by atoms with Crippen molar-refractivity contribution in [2.75, 3.05) is 13.1 Å². The van der Waals surface area contributed by atoms with Crippen LogP contribution in [-0.2, 0) is 14.8 Å². The molecule has 1 aliphatic heterocycles. The molecule has 1 aromatic carbocycles. The molecule has 0 aromatic heterocycles. The van der Waals surface area contributed by atoms with Crippen LogP contribution < -0.4 is 5.32 Å². The lowest BCUT2D eigenvalue weighted by Crippen LogP contribution is -2.47. The molecule has 1 saturated heterocycles. The Hall–Kier alpha value is -1.40. The van der Waals surface area contributed by atoms with Gasteiger partial charge in [-0.05, 0) is 88.7 Å². The molecular weight excluding hydrogens is 396 g/mol. The second-order valence-electron chi connectivity index (χ2n) is 10.0. The highest BCUT2D eigenvalue weighted by atomic mass is 32.2. The Kier molecular flexibility index (Phi) is 6.01. The van der Waals surface area contributed by atoms with Crippen molar-refractivity contribution in [1.82, 2.24) is 9.62 Å². The molecule has 1 heterocycles. The molecule has 4 rings (SSSR count). The number of piperidine rings is 1. The van der Waals surface area contributed by atoms with Crippen LogP contribution in [0.2, 0.25) is 0 Å². The smallest absolute Gasteiger partial charge is 0.243 e. The fourth-order valence-electron chi connectivity index (χ4n) is 6.42. The van der Waals surface area contributed by atoms with Crippen molar-refractivity contribution in [3.05, 3.63) is 28.8 Å². The molecule has 1 aromatic rings. The predicted molar refractivity (Wildman–Crippen MR) is 119 cm³/mol. The number of carbonyl (C=O) groups excluding carboxylic acids is 1. The van der Waals surface area contributed by atoms with Crippen LogP contribution in [0.25, 0.3) is 0 Å². The molecule has 2 saturated carbocycles. The van der Waals surface area contributed by atoms with Crippen LogP contribution in [0.15, 0.2) is 17.0 Å². The normalized spacial score (nSPS) is 28.6. The molecule has 4 atom stereocenters. The third kappa shape index (κ3) is 4.05. The van der Waals surface area contributed by atoms with Crippen molar-refractivity contribution in [3.63, 3.8) is 0 Å². The highest BCUT2D eigenvalue weighted by Gasteiger charge is 2.42. The Labute approximate surface area is 181 Å². The highest BCUT2D eigenvalue weighted by molar-refractivity contribution is 7.89. The van der Waals surface area contributed by atoms with E-state index in [2.05, 4.69) is 12.2 Å². The van der Waals surface area contributed by atoms with Gasteiger partial charge in [0.15, 0.2) is 0 Å². The van der Waals surface area contributed by atoms with Crippen molar-refractivity contribution in [2.24, 2.45) is 23.7 Å². The molecule has 30 heavy (non-hydrogen) atoms. The molecule has 166 valence electrons. The van der Waals surface area contributed by atoms with Crippen LogP contribution in [-0.4, -0.2) is 37.8 Å². The Bertz CT molecular complexity index is 895. The molecule has 0 radical (unpaired) electrons. The van der Waals surface area contributed by atoms with Crippen LogP contribution in [0.3, 0.4) is 0 Å². The first kappa shape index (κ1) is 21.8.